The number of halogens is 1. The number of hydrogen-bond donors (Lipinski definition) is 1. The van der Waals surface area contributed by atoms with E-state index < -0.39 is 0 Å². The molecule has 0 amide bonds. The maximum Gasteiger partial charge on any atom is 0.125 e. The molecular formula is C15H25ClN2O. The second-order valence-corrected chi connectivity index (χ2v) is 4.35. The van der Waals surface area contributed by atoms with Crippen LogP contribution in [0.5, 0.6) is 5.75 Å². The molecule has 0 heterocycles. The van der Waals surface area contributed by atoms with Crippen LogP contribution in [0.15, 0.2) is 29.3 Å². The van der Waals surface area contributed by atoms with E-state index in [1.807, 2.05) is 24.3 Å². The largest absolute Gasteiger partial charge is 0.494 e. The van der Waals surface area contributed by atoms with Crippen molar-refractivity contribution in [2.45, 2.75) is 39.5 Å². The smallest absolute Gasteiger partial charge is 0.125 e. The zero-order valence-corrected chi connectivity index (χ0v) is 12.7. The van der Waals surface area contributed by atoms with Gasteiger partial charge in [-0.3, -0.25) is 4.99 Å². The Balaban J connectivity index is 0.00000324. The summed E-state index contributed by atoms with van der Waals surface area (Å²) in [5.41, 5.74) is 6.88. The number of ether oxygens (including phenoxy) is 1. The summed E-state index contributed by atoms with van der Waals surface area (Å²) < 4.78 is 5.60. The third-order valence-electron chi connectivity index (χ3n) is 2.71. The Morgan fingerprint density at radius 3 is 2.32 bits per heavy atom. The van der Waals surface area contributed by atoms with E-state index in [0.717, 1.165) is 50.1 Å². The van der Waals surface area contributed by atoms with Gasteiger partial charge in [-0.25, -0.2) is 0 Å². The third-order valence-corrected chi connectivity index (χ3v) is 2.71. The highest BCUT2D eigenvalue weighted by atomic mass is 35.5. The molecule has 0 saturated carbocycles. The highest BCUT2D eigenvalue weighted by molar-refractivity contribution is 5.97. The summed E-state index contributed by atoms with van der Waals surface area (Å²) in [5.74, 6) is 1.51. The van der Waals surface area contributed by atoms with E-state index in [2.05, 4.69) is 18.8 Å². The molecule has 3 nitrogen and oxygen atoms in total. The fourth-order valence-electron chi connectivity index (χ4n) is 1.51. The summed E-state index contributed by atoms with van der Waals surface area (Å²) in [4.78, 5) is 4.34. The highest BCUT2D eigenvalue weighted by Crippen LogP contribution is 2.12. The molecule has 0 saturated heterocycles. The number of benzene rings is 1. The minimum Gasteiger partial charge on any atom is -0.494 e. The molecule has 0 aliphatic carbocycles. The lowest BCUT2D eigenvalue weighted by atomic mass is 10.2. The first kappa shape index (κ1) is 17.8. The first-order chi connectivity index (χ1) is 8.77. The van der Waals surface area contributed by atoms with Gasteiger partial charge in [-0.1, -0.05) is 26.7 Å². The number of rotatable bonds is 8. The summed E-state index contributed by atoms with van der Waals surface area (Å²) in [6, 6.07) is 7.83. The topological polar surface area (TPSA) is 47.6 Å². The van der Waals surface area contributed by atoms with Crippen LogP contribution < -0.4 is 10.5 Å². The van der Waals surface area contributed by atoms with Crippen LogP contribution in [-0.4, -0.2) is 19.0 Å². The summed E-state index contributed by atoms with van der Waals surface area (Å²) in [7, 11) is 0. The van der Waals surface area contributed by atoms with Gasteiger partial charge in [0.15, 0.2) is 0 Å². The minimum absolute atomic E-state index is 0. The van der Waals surface area contributed by atoms with Crippen LogP contribution in [0.3, 0.4) is 0 Å². The number of amidine groups is 1. The molecule has 4 heteroatoms. The first-order valence-corrected chi connectivity index (χ1v) is 6.81. The lowest BCUT2D eigenvalue weighted by Gasteiger charge is -2.06. The Morgan fingerprint density at radius 1 is 1.11 bits per heavy atom. The number of nitrogens with two attached hydrogens (primary N) is 1. The van der Waals surface area contributed by atoms with Crippen molar-refractivity contribution in [3.8, 4) is 5.75 Å². The predicted octanol–water partition coefficient (Wildman–Crippen LogP) is 3.79. The van der Waals surface area contributed by atoms with E-state index in [1.165, 1.54) is 0 Å². The molecule has 108 valence electrons. The highest BCUT2D eigenvalue weighted by Gasteiger charge is 1.99. The average molecular weight is 285 g/mol. The lowest BCUT2D eigenvalue weighted by Crippen LogP contribution is -2.13. The second-order valence-electron chi connectivity index (χ2n) is 4.35. The van der Waals surface area contributed by atoms with E-state index in [4.69, 9.17) is 10.5 Å². The second kappa shape index (κ2) is 10.7. The van der Waals surface area contributed by atoms with Gasteiger partial charge in [0.2, 0.25) is 0 Å². The molecule has 0 aromatic heterocycles. The third kappa shape index (κ3) is 7.06. The van der Waals surface area contributed by atoms with Crippen molar-refractivity contribution in [3.05, 3.63) is 29.8 Å². The molecule has 0 radical (unpaired) electrons. The maximum atomic E-state index is 5.92. The lowest BCUT2D eigenvalue weighted by molar-refractivity contribution is 0.309. The summed E-state index contributed by atoms with van der Waals surface area (Å²) in [6.45, 7) is 5.88. The van der Waals surface area contributed by atoms with Crippen LogP contribution in [0.25, 0.3) is 0 Å². The van der Waals surface area contributed by atoms with Gasteiger partial charge in [0.25, 0.3) is 0 Å². The zero-order valence-electron chi connectivity index (χ0n) is 11.9. The summed E-state index contributed by atoms with van der Waals surface area (Å²) in [6.07, 6.45) is 4.46. The van der Waals surface area contributed by atoms with Crippen LogP contribution in [0.1, 0.15) is 45.1 Å². The van der Waals surface area contributed by atoms with Crippen LogP contribution in [-0.2, 0) is 0 Å². The molecule has 0 unspecified atom stereocenters. The molecule has 0 spiro atoms. The van der Waals surface area contributed by atoms with Crippen molar-refractivity contribution < 1.29 is 4.74 Å². The number of aliphatic imine (C=N–C) groups is 1. The van der Waals surface area contributed by atoms with E-state index in [1.54, 1.807) is 0 Å². The number of nitrogens with zero attached hydrogens (tertiary/aromatic N) is 1. The number of hydrogen-bond acceptors (Lipinski definition) is 2. The van der Waals surface area contributed by atoms with Crippen LogP contribution >= 0.6 is 12.4 Å². The van der Waals surface area contributed by atoms with E-state index >= 15 is 0 Å². The molecule has 19 heavy (non-hydrogen) atoms. The van der Waals surface area contributed by atoms with Gasteiger partial charge in [-0.05, 0) is 37.1 Å². The van der Waals surface area contributed by atoms with Gasteiger partial charge >= 0.3 is 0 Å². The molecule has 0 atom stereocenters. The standard InChI is InChI=1S/C15H24N2O.ClH/c1-3-5-11-17-15(16)13-7-9-14(10-8-13)18-12-6-4-2;/h7-10H,3-6,11-12H2,1-2H3,(H2,16,17);1H. The van der Waals surface area contributed by atoms with Gasteiger partial charge in [0.1, 0.15) is 11.6 Å². The summed E-state index contributed by atoms with van der Waals surface area (Å²) in [5, 5.41) is 0. The quantitative estimate of drug-likeness (QED) is 0.448. The van der Waals surface area contributed by atoms with Crippen LogP contribution in [0.4, 0.5) is 0 Å². The SMILES string of the molecule is CCCCN=C(N)c1ccc(OCCCC)cc1.Cl. The Morgan fingerprint density at radius 2 is 1.74 bits per heavy atom. The van der Waals surface area contributed by atoms with Gasteiger partial charge in [0.05, 0.1) is 6.61 Å². The molecule has 0 aliphatic rings. The molecule has 2 N–H and O–H groups in total. The van der Waals surface area contributed by atoms with Crippen LogP contribution in [0.2, 0.25) is 0 Å². The van der Waals surface area contributed by atoms with E-state index in [-0.39, 0.29) is 12.4 Å². The van der Waals surface area contributed by atoms with Gasteiger partial charge in [-0.2, -0.15) is 0 Å². The Bertz CT molecular complexity index is 363. The molecule has 0 fully saturated rings. The fourth-order valence-corrected chi connectivity index (χ4v) is 1.51. The molecule has 0 bridgehead atoms. The molecular weight excluding hydrogens is 260 g/mol. The predicted molar refractivity (Wildman–Crippen MR) is 84.6 cm³/mol. The van der Waals surface area contributed by atoms with Crippen molar-refractivity contribution in [3.63, 3.8) is 0 Å². The number of unbranched alkanes of at least 4 members (excludes halogenated alkanes) is 2. The first-order valence-electron chi connectivity index (χ1n) is 6.81. The van der Waals surface area contributed by atoms with E-state index in [0.29, 0.717) is 5.84 Å². The van der Waals surface area contributed by atoms with Gasteiger partial charge < -0.3 is 10.5 Å². The normalized spacial score (nSPS) is 10.9. The van der Waals surface area contributed by atoms with Crippen molar-refractivity contribution in [1.29, 1.82) is 0 Å². The molecule has 1 aromatic carbocycles. The Kier molecular flexibility index (Phi) is 9.99. The fraction of sp³-hybridized carbons (Fsp3) is 0.533. The Labute approximate surface area is 122 Å². The Hall–Kier alpha value is -1.22. The molecule has 1 aromatic rings. The average Bonchev–Trinajstić information content (AvgIpc) is 2.40. The maximum absolute atomic E-state index is 5.92. The van der Waals surface area contributed by atoms with E-state index in [9.17, 15) is 0 Å². The van der Waals surface area contributed by atoms with Crippen LogP contribution in [0, 0.1) is 0 Å². The van der Waals surface area contributed by atoms with Crippen molar-refractivity contribution in [2.75, 3.05) is 13.2 Å². The molecule has 1 rings (SSSR count). The van der Waals surface area contributed by atoms with Gasteiger partial charge in [-0.15, -0.1) is 12.4 Å². The van der Waals surface area contributed by atoms with Crippen molar-refractivity contribution in [1.82, 2.24) is 0 Å². The minimum atomic E-state index is 0. The van der Waals surface area contributed by atoms with Crippen molar-refractivity contribution in [2.24, 2.45) is 10.7 Å². The van der Waals surface area contributed by atoms with Crippen molar-refractivity contribution >= 4 is 18.2 Å². The monoisotopic (exact) mass is 284 g/mol. The zero-order chi connectivity index (χ0) is 13.2. The molecule has 0 aliphatic heterocycles. The van der Waals surface area contributed by atoms with Gasteiger partial charge in [0, 0.05) is 12.1 Å². The summed E-state index contributed by atoms with van der Waals surface area (Å²) >= 11 is 0.